The molecule has 0 heterocycles. The van der Waals surface area contributed by atoms with Gasteiger partial charge in [-0.3, -0.25) is 9.59 Å². The molecule has 0 aromatic heterocycles. The van der Waals surface area contributed by atoms with Gasteiger partial charge in [0.05, 0.1) is 0 Å². The molecule has 3 N–H and O–H groups in total. The van der Waals surface area contributed by atoms with E-state index >= 15 is 0 Å². The normalized spacial score (nSPS) is 22.0. The first kappa shape index (κ1) is 16.3. The van der Waals surface area contributed by atoms with Crippen molar-refractivity contribution in [2.45, 2.75) is 64.7 Å². The molecule has 2 saturated carbocycles. The van der Waals surface area contributed by atoms with E-state index in [9.17, 15) is 9.59 Å². The van der Waals surface area contributed by atoms with Crippen molar-refractivity contribution in [2.24, 2.45) is 29.4 Å². The molecule has 2 rings (SSSR count). The van der Waals surface area contributed by atoms with Gasteiger partial charge in [0.2, 0.25) is 11.8 Å². The Balaban J connectivity index is 1.95. The molecule has 0 saturated heterocycles. The summed E-state index contributed by atoms with van der Waals surface area (Å²) in [4.78, 5) is 24.2. The molecule has 120 valence electrons. The van der Waals surface area contributed by atoms with E-state index in [0.29, 0.717) is 12.5 Å². The van der Waals surface area contributed by atoms with Crippen LogP contribution in [0.4, 0.5) is 0 Å². The highest BCUT2D eigenvalue weighted by Gasteiger charge is 2.37. The third-order valence-electron chi connectivity index (χ3n) is 5.18. The molecule has 2 fully saturated rings. The summed E-state index contributed by atoms with van der Waals surface area (Å²) in [6.45, 7) is 2.54. The molecule has 0 spiro atoms. The van der Waals surface area contributed by atoms with Crippen LogP contribution in [-0.2, 0) is 9.59 Å². The molecule has 2 aliphatic rings. The molecule has 0 aliphatic heterocycles. The minimum absolute atomic E-state index is 0.0274. The average molecular weight is 294 g/mol. The lowest BCUT2D eigenvalue weighted by Gasteiger charge is -2.25. The van der Waals surface area contributed by atoms with Crippen molar-refractivity contribution in [3.05, 3.63) is 0 Å². The van der Waals surface area contributed by atoms with Gasteiger partial charge in [-0.05, 0) is 38.0 Å². The second-order valence-corrected chi connectivity index (χ2v) is 6.92. The van der Waals surface area contributed by atoms with Crippen LogP contribution in [0.5, 0.6) is 0 Å². The molecule has 0 bridgehead atoms. The van der Waals surface area contributed by atoms with Gasteiger partial charge in [0.25, 0.3) is 0 Å². The molecule has 1 unspecified atom stereocenters. The SMILES string of the molecule is CCNC(=O)C(CC1CC1)[C@H](CCC1CCCC1)C(N)=O. The molecule has 4 heteroatoms. The Morgan fingerprint density at radius 3 is 2.29 bits per heavy atom. The molecule has 2 amide bonds. The van der Waals surface area contributed by atoms with Crippen LogP contribution in [-0.4, -0.2) is 18.4 Å². The van der Waals surface area contributed by atoms with Gasteiger partial charge >= 0.3 is 0 Å². The minimum atomic E-state index is -0.287. The number of amides is 2. The standard InChI is InChI=1S/C17H30N2O2/c1-2-19-17(21)15(11-13-7-8-13)14(16(18)20)10-9-12-5-3-4-6-12/h12-15H,2-11H2,1H3,(H2,18,20)(H,19,21)/t14-,15?/m0/s1. The van der Waals surface area contributed by atoms with Crippen molar-refractivity contribution in [1.82, 2.24) is 5.32 Å². The van der Waals surface area contributed by atoms with Crippen LogP contribution in [0.2, 0.25) is 0 Å². The fraction of sp³-hybridized carbons (Fsp3) is 0.882. The second-order valence-electron chi connectivity index (χ2n) is 6.92. The van der Waals surface area contributed by atoms with E-state index in [1.165, 1.54) is 38.5 Å². The second kappa shape index (κ2) is 7.81. The largest absolute Gasteiger partial charge is 0.369 e. The maximum absolute atomic E-state index is 12.3. The van der Waals surface area contributed by atoms with Crippen LogP contribution in [0.1, 0.15) is 64.7 Å². The van der Waals surface area contributed by atoms with E-state index < -0.39 is 0 Å². The van der Waals surface area contributed by atoms with Crippen LogP contribution >= 0.6 is 0 Å². The van der Waals surface area contributed by atoms with Gasteiger partial charge in [-0.1, -0.05) is 38.5 Å². The Morgan fingerprint density at radius 1 is 1.10 bits per heavy atom. The zero-order chi connectivity index (χ0) is 15.2. The smallest absolute Gasteiger partial charge is 0.223 e. The maximum Gasteiger partial charge on any atom is 0.223 e. The third kappa shape index (κ3) is 5.01. The van der Waals surface area contributed by atoms with Gasteiger partial charge in [-0.2, -0.15) is 0 Å². The molecule has 0 radical (unpaired) electrons. The fourth-order valence-electron chi connectivity index (χ4n) is 3.73. The summed E-state index contributed by atoms with van der Waals surface area (Å²) in [5, 5.41) is 2.90. The summed E-state index contributed by atoms with van der Waals surface area (Å²) in [7, 11) is 0. The highest BCUT2D eigenvalue weighted by atomic mass is 16.2. The third-order valence-corrected chi connectivity index (χ3v) is 5.18. The highest BCUT2D eigenvalue weighted by Crippen LogP contribution is 2.39. The van der Waals surface area contributed by atoms with Crippen molar-refractivity contribution in [1.29, 1.82) is 0 Å². The van der Waals surface area contributed by atoms with Crippen molar-refractivity contribution in [3.63, 3.8) is 0 Å². The average Bonchev–Trinajstić information content (AvgIpc) is 3.11. The van der Waals surface area contributed by atoms with E-state index in [1.54, 1.807) is 0 Å². The van der Waals surface area contributed by atoms with Crippen LogP contribution in [0.25, 0.3) is 0 Å². The van der Waals surface area contributed by atoms with Crippen LogP contribution in [0.15, 0.2) is 0 Å². The Hall–Kier alpha value is -1.06. The Morgan fingerprint density at radius 2 is 1.76 bits per heavy atom. The van der Waals surface area contributed by atoms with Crippen molar-refractivity contribution < 1.29 is 9.59 Å². The molecule has 4 nitrogen and oxygen atoms in total. The first-order valence-corrected chi connectivity index (χ1v) is 8.68. The minimum Gasteiger partial charge on any atom is -0.369 e. The predicted molar refractivity (Wildman–Crippen MR) is 83.4 cm³/mol. The number of nitrogens with one attached hydrogen (secondary N) is 1. The highest BCUT2D eigenvalue weighted by molar-refractivity contribution is 5.86. The van der Waals surface area contributed by atoms with Crippen molar-refractivity contribution in [3.8, 4) is 0 Å². The van der Waals surface area contributed by atoms with E-state index in [2.05, 4.69) is 5.32 Å². The summed E-state index contributed by atoms with van der Waals surface area (Å²) >= 11 is 0. The number of carbonyl (C=O) groups is 2. The number of hydrogen-bond acceptors (Lipinski definition) is 2. The lowest BCUT2D eigenvalue weighted by atomic mass is 9.81. The molecule has 2 atom stereocenters. The molecule has 0 aromatic rings. The summed E-state index contributed by atoms with van der Waals surface area (Å²) in [5.41, 5.74) is 5.63. The van der Waals surface area contributed by atoms with Gasteiger partial charge in [-0.25, -0.2) is 0 Å². The molecular weight excluding hydrogens is 264 g/mol. The molecular formula is C17H30N2O2. The summed E-state index contributed by atoms with van der Waals surface area (Å²) in [6, 6.07) is 0. The van der Waals surface area contributed by atoms with Gasteiger partial charge in [0, 0.05) is 18.4 Å². The Bertz CT molecular complexity index is 360. The number of nitrogens with two attached hydrogens (primary N) is 1. The molecule has 0 aromatic carbocycles. The topological polar surface area (TPSA) is 72.2 Å². The lowest BCUT2D eigenvalue weighted by Crippen LogP contribution is -2.40. The lowest BCUT2D eigenvalue weighted by molar-refractivity contribution is -0.134. The fourth-order valence-corrected chi connectivity index (χ4v) is 3.73. The number of rotatable bonds is 9. The Kier molecular flexibility index (Phi) is 6.07. The van der Waals surface area contributed by atoms with Crippen LogP contribution in [0.3, 0.4) is 0 Å². The summed E-state index contributed by atoms with van der Waals surface area (Å²) in [5.74, 6) is 0.618. The Labute approximate surface area is 128 Å². The van der Waals surface area contributed by atoms with Crippen LogP contribution in [0, 0.1) is 23.7 Å². The number of hydrogen-bond donors (Lipinski definition) is 2. The number of primary amides is 1. The van der Waals surface area contributed by atoms with Crippen LogP contribution < -0.4 is 11.1 Å². The van der Waals surface area contributed by atoms with E-state index in [1.807, 2.05) is 6.92 Å². The van der Waals surface area contributed by atoms with E-state index in [0.717, 1.165) is 25.2 Å². The van der Waals surface area contributed by atoms with Gasteiger partial charge in [0.15, 0.2) is 0 Å². The first-order chi connectivity index (χ1) is 10.1. The number of carbonyl (C=O) groups excluding carboxylic acids is 2. The van der Waals surface area contributed by atoms with E-state index in [-0.39, 0.29) is 23.7 Å². The van der Waals surface area contributed by atoms with E-state index in [4.69, 9.17) is 5.73 Å². The molecule has 21 heavy (non-hydrogen) atoms. The monoisotopic (exact) mass is 294 g/mol. The van der Waals surface area contributed by atoms with Crippen molar-refractivity contribution >= 4 is 11.8 Å². The van der Waals surface area contributed by atoms with Gasteiger partial charge in [-0.15, -0.1) is 0 Å². The predicted octanol–water partition coefficient (Wildman–Crippen LogP) is 2.61. The van der Waals surface area contributed by atoms with Gasteiger partial charge in [0.1, 0.15) is 0 Å². The summed E-state index contributed by atoms with van der Waals surface area (Å²) < 4.78 is 0. The van der Waals surface area contributed by atoms with Crippen molar-refractivity contribution in [2.75, 3.05) is 6.54 Å². The first-order valence-electron chi connectivity index (χ1n) is 8.68. The quantitative estimate of drug-likeness (QED) is 0.686. The summed E-state index contributed by atoms with van der Waals surface area (Å²) in [6.07, 6.45) is 10.3. The zero-order valence-electron chi connectivity index (χ0n) is 13.3. The molecule has 2 aliphatic carbocycles. The maximum atomic E-state index is 12.3. The zero-order valence-corrected chi connectivity index (χ0v) is 13.3. The van der Waals surface area contributed by atoms with Gasteiger partial charge < -0.3 is 11.1 Å².